The molecule has 4 nitrogen and oxygen atoms in total. The van der Waals surface area contributed by atoms with Crippen LogP contribution in [-0.4, -0.2) is 44.6 Å². The molecule has 0 saturated heterocycles. The van der Waals surface area contributed by atoms with Crippen molar-refractivity contribution in [1.29, 1.82) is 0 Å². The highest BCUT2D eigenvalue weighted by Gasteiger charge is 2.37. The molecule has 0 unspecified atom stereocenters. The Labute approximate surface area is 181 Å². The van der Waals surface area contributed by atoms with Crippen LogP contribution in [0.25, 0.3) is 0 Å². The van der Waals surface area contributed by atoms with Crippen LogP contribution in [-0.2, 0) is 15.6 Å². The fourth-order valence-electron chi connectivity index (χ4n) is 2.37. The van der Waals surface area contributed by atoms with Gasteiger partial charge in [-0.2, -0.15) is 0 Å². The standard InChI is InChI=1S/C22H38BrNO3Si/c1-21(2,3)27-20(25)24(16-17-26-28(7,8)22(4,5)6)15-9-10-18-11-13-19(23)14-12-18/h11-14H,9-10,15-17H2,1-8H3. The van der Waals surface area contributed by atoms with Crippen molar-refractivity contribution in [1.82, 2.24) is 4.90 Å². The molecule has 0 aliphatic rings. The molecule has 0 bridgehead atoms. The van der Waals surface area contributed by atoms with Crippen molar-refractivity contribution in [2.24, 2.45) is 0 Å². The SMILES string of the molecule is CC(C)(C)OC(=O)N(CCCc1ccc(Br)cc1)CCO[Si](C)(C)C(C)(C)C. The second-order valence-electron chi connectivity index (χ2n) is 9.81. The Kier molecular flexibility index (Phi) is 9.23. The van der Waals surface area contributed by atoms with Crippen LogP contribution in [0.3, 0.4) is 0 Å². The molecule has 160 valence electrons. The minimum Gasteiger partial charge on any atom is -0.444 e. The van der Waals surface area contributed by atoms with Gasteiger partial charge in [-0.25, -0.2) is 4.79 Å². The highest BCUT2D eigenvalue weighted by Crippen LogP contribution is 2.36. The summed E-state index contributed by atoms with van der Waals surface area (Å²) in [7, 11) is -1.83. The summed E-state index contributed by atoms with van der Waals surface area (Å²) in [6.07, 6.45) is 1.55. The summed E-state index contributed by atoms with van der Waals surface area (Å²) in [5, 5.41) is 0.158. The molecule has 28 heavy (non-hydrogen) atoms. The maximum atomic E-state index is 12.7. The minimum absolute atomic E-state index is 0.158. The lowest BCUT2D eigenvalue weighted by atomic mass is 10.1. The van der Waals surface area contributed by atoms with Crippen LogP contribution in [0.15, 0.2) is 28.7 Å². The summed E-state index contributed by atoms with van der Waals surface area (Å²) in [5.74, 6) is 0. The second kappa shape index (κ2) is 10.3. The van der Waals surface area contributed by atoms with Crippen molar-refractivity contribution >= 4 is 30.3 Å². The van der Waals surface area contributed by atoms with Gasteiger partial charge in [0.05, 0.1) is 6.61 Å². The monoisotopic (exact) mass is 471 g/mol. The molecule has 0 aromatic heterocycles. The van der Waals surface area contributed by atoms with Gasteiger partial charge < -0.3 is 14.1 Å². The number of ether oxygens (including phenoxy) is 1. The number of hydrogen-bond donors (Lipinski definition) is 0. The van der Waals surface area contributed by atoms with Crippen LogP contribution in [0.2, 0.25) is 18.1 Å². The van der Waals surface area contributed by atoms with E-state index in [1.54, 1.807) is 4.90 Å². The predicted molar refractivity (Wildman–Crippen MR) is 123 cm³/mol. The van der Waals surface area contributed by atoms with Gasteiger partial charge >= 0.3 is 6.09 Å². The van der Waals surface area contributed by atoms with Crippen LogP contribution in [0.4, 0.5) is 4.79 Å². The zero-order valence-electron chi connectivity index (χ0n) is 18.9. The zero-order valence-corrected chi connectivity index (χ0v) is 21.5. The molecule has 1 aromatic carbocycles. The van der Waals surface area contributed by atoms with Crippen molar-refractivity contribution in [2.45, 2.75) is 78.1 Å². The Morgan fingerprint density at radius 3 is 2.11 bits per heavy atom. The second-order valence-corrected chi connectivity index (χ2v) is 15.5. The largest absolute Gasteiger partial charge is 0.444 e. The first-order valence-corrected chi connectivity index (χ1v) is 13.8. The quantitative estimate of drug-likeness (QED) is 0.398. The molecule has 0 aliphatic heterocycles. The summed E-state index contributed by atoms with van der Waals surface area (Å²) >= 11 is 3.46. The normalized spacial score (nSPS) is 12.8. The molecule has 1 rings (SSSR count). The first-order valence-electron chi connectivity index (χ1n) is 10.1. The Morgan fingerprint density at radius 2 is 1.61 bits per heavy atom. The van der Waals surface area contributed by atoms with E-state index >= 15 is 0 Å². The van der Waals surface area contributed by atoms with Gasteiger partial charge in [0.25, 0.3) is 0 Å². The van der Waals surface area contributed by atoms with Gasteiger partial charge in [0, 0.05) is 17.6 Å². The lowest BCUT2D eigenvalue weighted by Crippen LogP contribution is -2.44. The van der Waals surface area contributed by atoms with Crippen LogP contribution in [0.1, 0.15) is 53.5 Å². The minimum atomic E-state index is -1.83. The van der Waals surface area contributed by atoms with Gasteiger partial charge in [0.1, 0.15) is 5.60 Å². The van der Waals surface area contributed by atoms with Crippen LogP contribution < -0.4 is 0 Å². The van der Waals surface area contributed by atoms with E-state index in [9.17, 15) is 4.79 Å². The molecule has 0 heterocycles. The summed E-state index contributed by atoms with van der Waals surface area (Å²) < 4.78 is 12.9. The van der Waals surface area contributed by atoms with Gasteiger partial charge in [0.15, 0.2) is 8.32 Å². The predicted octanol–water partition coefficient (Wildman–Crippen LogP) is 6.64. The highest BCUT2D eigenvalue weighted by atomic mass is 79.9. The van der Waals surface area contributed by atoms with E-state index in [1.807, 2.05) is 32.9 Å². The van der Waals surface area contributed by atoms with Crippen molar-refractivity contribution in [3.8, 4) is 0 Å². The highest BCUT2D eigenvalue weighted by molar-refractivity contribution is 9.10. The topological polar surface area (TPSA) is 38.8 Å². The zero-order chi connectivity index (χ0) is 21.6. The molecule has 6 heteroatoms. The van der Waals surface area contributed by atoms with E-state index < -0.39 is 13.9 Å². The molecule has 1 amide bonds. The van der Waals surface area contributed by atoms with Gasteiger partial charge in [-0.1, -0.05) is 48.8 Å². The third-order valence-electron chi connectivity index (χ3n) is 5.09. The summed E-state index contributed by atoms with van der Waals surface area (Å²) in [6.45, 7) is 18.6. The smallest absolute Gasteiger partial charge is 0.410 e. The number of hydrogen-bond acceptors (Lipinski definition) is 3. The number of carbonyl (C=O) groups excluding carboxylic acids is 1. The Balaban J connectivity index is 2.65. The number of aryl methyl sites for hydroxylation is 1. The van der Waals surface area contributed by atoms with Gasteiger partial charge in [-0.15, -0.1) is 0 Å². The average Bonchev–Trinajstić information content (AvgIpc) is 2.52. The van der Waals surface area contributed by atoms with Gasteiger partial charge in [-0.05, 0) is 69.4 Å². The van der Waals surface area contributed by atoms with Crippen LogP contribution in [0.5, 0.6) is 0 Å². The third-order valence-corrected chi connectivity index (χ3v) is 10.2. The molecule has 0 fully saturated rings. The first-order chi connectivity index (χ1) is 12.7. The lowest BCUT2D eigenvalue weighted by molar-refractivity contribution is 0.0220. The van der Waals surface area contributed by atoms with Crippen molar-refractivity contribution in [2.75, 3.05) is 19.7 Å². The fourth-order valence-corrected chi connectivity index (χ4v) is 3.67. The average molecular weight is 473 g/mol. The summed E-state index contributed by atoms with van der Waals surface area (Å²) in [6, 6.07) is 8.33. The van der Waals surface area contributed by atoms with Crippen molar-refractivity contribution in [3.05, 3.63) is 34.3 Å². The molecule has 0 saturated carbocycles. The number of nitrogens with zero attached hydrogens (tertiary/aromatic N) is 1. The number of halogens is 1. The molecule has 0 N–H and O–H groups in total. The van der Waals surface area contributed by atoms with E-state index in [0.29, 0.717) is 19.7 Å². The molecular formula is C22H38BrNO3Si. The maximum Gasteiger partial charge on any atom is 0.410 e. The summed E-state index contributed by atoms with van der Waals surface area (Å²) in [4.78, 5) is 14.4. The molecule has 0 atom stereocenters. The van der Waals surface area contributed by atoms with Crippen molar-refractivity contribution in [3.63, 3.8) is 0 Å². The van der Waals surface area contributed by atoms with E-state index in [-0.39, 0.29) is 11.1 Å². The maximum absolute atomic E-state index is 12.7. The van der Waals surface area contributed by atoms with Gasteiger partial charge in [0.2, 0.25) is 0 Å². The number of carbonyl (C=O) groups is 1. The molecular weight excluding hydrogens is 434 g/mol. The first kappa shape index (κ1) is 25.2. The summed E-state index contributed by atoms with van der Waals surface area (Å²) in [5.41, 5.74) is 0.770. The van der Waals surface area contributed by atoms with Crippen molar-refractivity contribution < 1.29 is 14.0 Å². The third kappa shape index (κ3) is 9.10. The lowest BCUT2D eigenvalue weighted by Gasteiger charge is -2.37. The molecule has 1 aromatic rings. The Hall–Kier alpha value is -0.853. The van der Waals surface area contributed by atoms with Gasteiger partial charge in [-0.3, -0.25) is 0 Å². The van der Waals surface area contributed by atoms with Crippen LogP contribution >= 0.6 is 15.9 Å². The van der Waals surface area contributed by atoms with E-state index in [0.717, 1.165) is 17.3 Å². The number of benzene rings is 1. The number of amides is 1. The van der Waals surface area contributed by atoms with E-state index in [2.05, 4.69) is 61.9 Å². The Bertz CT molecular complexity index is 618. The Morgan fingerprint density at radius 1 is 1.04 bits per heavy atom. The van der Waals surface area contributed by atoms with E-state index in [1.165, 1.54) is 5.56 Å². The fraction of sp³-hybridized carbons (Fsp3) is 0.682. The molecule has 0 spiro atoms. The molecule has 0 aliphatic carbocycles. The van der Waals surface area contributed by atoms with E-state index in [4.69, 9.17) is 9.16 Å². The molecule has 0 radical (unpaired) electrons. The van der Waals surface area contributed by atoms with Crippen LogP contribution in [0, 0.1) is 0 Å². The number of rotatable bonds is 8.